The van der Waals surface area contributed by atoms with Gasteiger partial charge in [-0.15, -0.1) is 0 Å². The van der Waals surface area contributed by atoms with E-state index in [0.29, 0.717) is 18.9 Å². The molecule has 1 saturated heterocycles. The molecule has 0 spiro atoms. The lowest BCUT2D eigenvalue weighted by molar-refractivity contribution is -0.142. The van der Waals surface area contributed by atoms with Gasteiger partial charge in [-0.1, -0.05) is 0 Å². The monoisotopic (exact) mass is 210 g/mol. The van der Waals surface area contributed by atoms with Crippen molar-refractivity contribution in [1.29, 1.82) is 0 Å². The summed E-state index contributed by atoms with van der Waals surface area (Å²) >= 11 is 0. The number of aromatic amines is 1. The van der Waals surface area contributed by atoms with Crippen LogP contribution in [0.1, 0.15) is 0 Å². The van der Waals surface area contributed by atoms with Crippen molar-refractivity contribution in [3.63, 3.8) is 0 Å². The van der Waals surface area contributed by atoms with Crippen LogP contribution in [0.3, 0.4) is 0 Å². The van der Waals surface area contributed by atoms with Gasteiger partial charge in [0.25, 0.3) is 5.56 Å². The minimum Gasteiger partial charge on any atom is -0.481 e. The largest absolute Gasteiger partial charge is 0.481 e. The molecule has 0 bridgehead atoms. The lowest BCUT2D eigenvalue weighted by Gasteiger charge is -2.37. The molecule has 80 valence electrons. The topological polar surface area (TPSA) is 112 Å². The third-order valence-corrected chi connectivity index (χ3v) is 2.40. The van der Waals surface area contributed by atoms with Crippen molar-refractivity contribution in [1.82, 2.24) is 9.97 Å². The number of nitrogens with one attached hydrogen (secondary N) is 1. The Hall–Kier alpha value is -2.05. The van der Waals surface area contributed by atoms with Gasteiger partial charge in [0, 0.05) is 13.1 Å². The van der Waals surface area contributed by atoms with E-state index in [9.17, 15) is 9.59 Å². The molecule has 0 unspecified atom stereocenters. The quantitative estimate of drug-likeness (QED) is 0.569. The summed E-state index contributed by atoms with van der Waals surface area (Å²) in [6, 6.07) is 0. The number of anilines is 2. The Morgan fingerprint density at radius 2 is 2.33 bits per heavy atom. The molecule has 1 aromatic rings. The molecule has 4 N–H and O–H groups in total. The molecule has 7 nitrogen and oxygen atoms in total. The van der Waals surface area contributed by atoms with Crippen LogP contribution in [0.2, 0.25) is 0 Å². The van der Waals surface area contributed by atoms with Gasteiger partial charge in [0.2, 0.25) is 0 Å². The number of nitrogen functional groups attached to an aromatic ring is 1. The van der Waals surface area contributed by atoms with E-state index in [1.807, 2.05) is 0 Å². The van der Waals surface area contributed by atoms with E-state index in [0.717, 1.165) is 0 Å². The highest BCUT2D eigenvalue weighted by Gasteiger charge is 2.34. The number of carboxylic acid groups (broad SMARTS) is 1. The van der Waals surface area contributed by atoms with Crippen LogP contribution in [0.25, 0.3) is 0 Å². The van der Waals surface area contributed by atoms with Crippen LogP contribution in [0.15, 0.2) is 11.1 Å². The van der Waals surface area contributed by atoms with Crippen LogP contribution in [0.4, 0.5) is 11.5 Å². The van der Waals surface area contributed by atoms with Crippen LogP contribution in [-0.2, 0) is 4.79 Å². The molecule has 1 aromatic heterocycles. The SMILES string of the molecule is Nc1c(N2CC(C(=O)O)C2)nc[nH]c1=O. The zero-order valence-electron chi connectivity index (χ0n) is 7.80. The summed E-state index contributed by atoms with van der Waals surface area (Å²) in [5, 5.41) is 8.68. The Bertz CT molecular complexity index is 449. The maximum Gasteiger partial charge on any atom is 0.310 e. The smallest absolute Gasteiger partial charge is 0.310 e. The molecule has 1 fully saturated rings. The van der Waals surface area contributed by atoms with Gasteiger partial charge in [0.05, 0.1) is 12.2 Å². The Kier molecular flexibility index (Phi) is 2.07. The minimum absolute atomic E-state index is 0.0290. The fourth-order valence-corrected chi connectivity index (χ4v) is 1.46. The van der Waals surface area contributed by atoms with Crippen molar-refractivity contribution in [2.45, 2.75) is 0 Å². The second-order valence-electron chi connectivity index (χ2n) is 3.41. The molecule has 0 saturated carbocycles. The van der Waals surface area contributed by atoms with Crippen molar-refractivity contribution >= 4 is 17.5 Å². The average Bonchev–Trinajstić information content (AvgIpc) is 2.09. The van der Waals surface area contributed by atoms with Gasteiger partial charge in [-0.05, 0) is 0 Å². The molecule has 0 atom stereocenters. The first kappa shape index (κ1) is 9.50. The van der Waals surface area contributed by atoms with E-state index in [2.05, 4.69) is 9.97 Å². The first-order valence-corrected chi connectivity index (χ1v) is 4.40. The number of hydrogen-bond acceptors (Lipinski definition) is 5. The second-order valence-corrected chi connectivity index (χ2v) is 3.41. The van der Waals surface area contributed by atoms with Gasteiger partial charge in [-0.3, -0.25) is 9.59 Å². The normalized spacial score (nSPS) is 16.1. The summed E-state index contributed by atoms with van der Waals surface area (Å²) in [6.07, 6.45) is 1.25. The summed E-state index contributed by atoms with van der Waals surface area (Å²) in [4.78, 5) is 29.6. The molecule has 0 aromatic carbocycles. The van der Waals surface area contributed by atoms with Gasteiger partial charge in [-0.2, -0.15) is 0 Å². The maximum atomic E-state index is 11.1. The number of rotatable bonds is 2. The summed E-state index contributed by atoms with van der Waals surface area (Å²) < 4.78 is 0. The Morgan fingerprint density at radius 1 is 1.67 bits per heavy atom. The number of carboxylic acids is 1. The number of nitrogens with two attached hydrogens (primary N) is 1. The summed E-state index contributed by atoms with van der Waals surface area (Å²) in [5.41, 5.74) is 5.14. The maximum absolute atomic E-state index is 11.1. The molecular weight excluding hydrogens is 200 g/mol. The second kappa shape index (κ2) is 3.26. The van der Waals surface area contributed by atoms with Crippen molar-refractivity contribution in [3.05, 3.63) is 16.7 Å². The molecule has 0 amide bonds. The van der Waals surface area contributed by atoms with Gasteiger partial charge in [0.15, 0.2) is 5.82 Å². The predicted molar refractivity (Wildman–Crippen MR) is 52.6 cm³/mol. The minimum atomic E-state index is -0.838. The highest BCUT2D eigenvalue weighted by molar-refractivity contribution is 5.75. The van der Waals surface area contributed by atoms with Gasteiger partial charge in [-0.25, -0.2) is 4.98 Å². The zero-order chi connectivity index (χ0) is 11.0. The molecule has 2 heterocycles. The van der Waals surface area contributed by atoms with E-state index in [4.69, 9.17) is 10.8 Å². The van der Waals surface area contributed by atoms with Crippen LogP contribution in [-0.4, -0.2) is 34.1 Å². The zero-order valence-corrected chi connectivity index (χ0v) is 7.80. The number of carbonyl (C=O) groups is 1. The fourth-order valence-electron chi connectivity index (χ4n) is 1.46. The number of H-pyrrole nitrogens is 1. The van der Waals surface area contributed by atoms with Gasteiger partial charge in [0.1, 0.15) is 5.69 Å². The highest BCUT2D eigenvalue weighted by Crippen LogP contribution is 2.24. The molecule has 2 rings (SSSR count). The average molecular weight is 210 g/mol. The lowest BCUT2D eigenvalue weighted by Crippen LogP contribution is -2.51. The molecule has 0 aliphatic carbocycles. The van der Waals surface area contributed by atoms with Crippen molar-refractivity contribution in [2.75, 3.05) is 23.7 Å². The number of aliphatic carboxylic acids is 1. The lowest BCUT2D eigenvalue weighted by atomic mass is 10.0. The third kappa shape index (κ3) is 1.51. The third-order valence-electron chi connectivity index (χ3n) is 2.40. The van der Waals surface area contributed by atoms with Crippen molar-refractivity contribution < 1.29 is 9.90 Å². The van der Waals surface area contributed by atoms with E-state index in [1.54, 1.807) is 4.90 Å². The number of hydrogen-bond donors (Lipinski definition) is 3. The summed E-state index contributed by atoms with van der Waals surface area (Å²) in [6.45, 7) is 0.686. The Balaban J connectivity index is 2.17. The molecule has 7 heteroatoms. The fraction of sp³-hybridized carbons (Fsp3) is 0.375. The Labute approximate surface area is 84.5 Å². The number of nitrogens with zero attached hydrogens (tertiary/aromatic N) is 2. The van der Waals surface area contributed by atoms with Gasteiger partial charge < -0.3 is 20.7 Å². The van der Waals surface area contributed by atoms with Crippen LogP contribution < -0.4 is 16.2 Å². The van der Waals surface area contributed by atoms with Crippen LogP contribution in [0, 0.1) is 5.92 Å². The van der Waals surface area contributed by atoms with E-state index in [1.165, 1.54) is 6.33 Å². The Morgan fingerprint density at radius 3 is 2.93 bits per heavy atom. The molecule has 0 radical (unpaired) electrons. The van der Waals surface area contributed by atoms with Gasteiger partial charge >= 0.3 is 5.97 Å². The molecule has 15 heavy (non-hydrogen) atoms. The highest BCUT2D eigenvalue weighted by atomic mass is 16.4. The molecular formula is C8H10N4O3. The number of aromatic nitrogens is 2. The van der Waals surface area contributed by atoms with Crippen molar-refractivity contribution in [2.24, 2.45) is 5.92 Å². The van der Waals surface area contributed by atoms with Crippen molar-refractivity contribution in [3.8, 4) is 0 Å². The first-order valence-electron chi connectivity index (χ1n) is 4.40. The summed E-state index contributed by atoms with van der Waals surface area (Å²) in [7, 11) is 0. The predicted octanol–water partition coefficient (Wildman–Crippen LogP) is -1.13. The van der Waals surface area contributed by atoms with E-state index < -0.39 is 17.4 Å². The van der Waals surface area contributed by atoms with Crippen LogP contribution in [0.5, 0.6) is 0 Å². The molecule has 1 aliphatic rings. The summed E-state index contributed by atoms with van der Waals surface area (Å²) in [5.74, 6) is -0.878. The first-order chi connectivity index (χ1) is 7.09. The molecule has 1 aliphatic heterocycles. The van der Waals surface area contributed by atoms with E-state index in [-0.39, 0.29) is 5.69 Å². The van der Waals surface area contributed by atoms with Crippen LogP contribution >= 0.6 is 0 Å². The standard InChI is InChI=1S/C8H10N4O3/c9-5-6(10-3-11-7(5)13)12-1-4(2-12)8(14)15/h3-4H,1-2,9H2,(H,14,15)(H,10,11,13). The van der Waals surface area contributed by atoms with E-state index >= 15 is 0 Å².